The second-order valence-corrected chi connectivity index (χ2v) is 7.92. The van der Waals surface area contributed by atoms with Crippen LogP contribution in [0.5, 0.6) is 0 Å². The van der Waals surface area contributed by atoms with Crippen LogP contribution in [0.25, 0.3) is 0 Å². The van der Waals surface area contributed by atoms with E-state index in [0.29, 0.717) is 21.7 Å². The zero-order chi connectivity index (χ0) is 20.5. The van der Waals surface area contributed by atoms with Crippen molar-refractivity contribution < 1.29 is 19.1 Å². The number of ether oxygens (including phenoxy) is 1. The summed E-state index contributed by atoms with van der Waals surface area (Å²) >= 11 is 6.11. The van der Waals surface area contributed by atoms with Crippen LogP contribution in [0.2, 0.25) is 5.02 Å². The van der Waals surface area contributed by atoms with Crippen LogP contribution in [0, 0.1) is 0 Å². The van der Waals surface area contributed by atoms with Gasteiger partial charge in [-0.25, -0.2) is 4.79 Å². The summed E-state index contributed by atoms with van der Waals surface area (Å²) in [6, 6.07) is 12.8. The summed E-state index contributed by atoms with van der Waals surface area (Å²) in [6.45, 7) is 5.27. The van der Waals surface area contributed by atoms with Gasteiger partial charge in [0.2, 0.25) is 0 Å². The number of fused-ring (bicyclic) bond motifs is 1. The monoisotopic (exact) mass is 400 g/mol. The fourth-order valence-corrected chi connectivity index (χ4v) is 3.26. The lowest BCUT2D eigenvalue weighted by Gasteiger charge is -2.28. The number of imide groups is 1. The SMILES string of the molecule is CC(C)(C)OC(=O)NCC(c1cccc(Cl)c1)N1C(=O)c2ccccc2C1=O. The van der Waals surface area contributed by atoms with E-state index in [1.807, 2.05) is 0 Å². The summed E-state index contributed by atoms with van der Waals surface area (Å²) in [7, 11) is 0. The van der Waals surface area contributed by atoms with Crippen molar-refractivity contribution in [1.82, 2.24) is 10.2 Å². The average Bonchev–Trinajstić information content (AvgIpc) is 2.86. The maximum absolute atomic E-state index is 12.9. The second kappa shape index (κ2) is 7.64. The molecule has 0 fully saturated rings. The molecular formula is C21H21ClN2O4. The number of alkyl carbamates (subject to hydrolysis) is 1. The maximum atomic E-state index is 12.9. The number of nitrogens with one attached hydrogen (secondary N) is 1. The number of hydrogen-bond acceptors (Lipinski definition) is 4. The number of hydrogen-bond donors (Lipinski definition) is 1. The Bertz CT molecular complexity index is 901. The molecule has 1 atom stereocenters. The van der Waals surface area contributed by atoms with Crippen molar-refractivity contribution in [1.29, 1.82) is 0 Å². The van der Waals surface area contributed by atoms with Crippen LogP contribution in [0.15, 0.2) is 48.5 Å². The van der Waals surface area contributed by atoms with Gasteiger partial charge in [-0.15, -0.1) is 0 Å². The third kappa shape index (κ3) is 4.17. The zero-order valence-electron chi connectivity index (χ0n) is 15.9. The van der Waals surface area contributed by atoms with E-state index in [-0.39, 0.29) is 6.54 Å². The fourth-order valence-electron chi connectivity index (χ4n) is 3.06. The molecule has 1 heterocycles. The van der Waals surface area contributed by atoms with E-state index in [0.717, 1.165) is 4.90 Å². The largest absolute Gasteiger partial charge is 0.444 e. The molecule has 0 spiro atoms. The highest BCUT2D eigenvalue weighted by atomic mass is 35.5. The van der Waals surface area contributed by atoms with Crippen LogP contribution in [0.3, 0.4) is 0 Å². The van der Waals surface area contributed by atoms with E-state index in [1.54, 1.807) is 69.3 Å². The highest BCUT2D eigenvalue weighted by molar-refractivity contribution is 6.30. The molecule has 0 radical (unpaired) electrons. The number of benzene rings is 2. The molecule has 0 saturated carbocycles. The first-order chi connectivity index (χ1) is 13.2. The topological polar surface area (TPSA) is 75.7 Å². The Hall–Kier alpha value is -2.86. The van der Waals surface area contributed by atoms with Gasteiger partial charge >= 0.3 is 6.09 Å². The summed E-state index contributed by atoms with van der Waals surface area (Å²) in [4.78, 5) is 39.1. The smallest absolute Gasteiger partial charge is 0.407 e. The molecular weight excluding hydrogens is 380 g/mol. The quantitative estimate of drug-likeness (QED) is 0.780. The number of carbonyl (C=O) groups is 3. The van der Waals surface area contributed by atoms with Crippen molar-refractivity contribution >= 4 is 29.5 Å². The van der Waals surface area contributed by atoms with Crippen LogP contribution >= 0.6 is 11.6 Å². The minimum Gasteiger partial charge on any atom is -0.444 e. The Balaban J connectivity index is 1.91. The van der Waals surface area contributed by atoms with Crippen molar-refractivity contribution in [3.05, 3.63) is 70.2 Å². The van der Waals surface area contributed by atoms with Gasteiger partial charge in [0.1, 0.15) is 5.60 Å². The van der Waals surface area contributed by atoms with Crippen LogP contribution in [0.4, 0.5) is 4.79 Å². The first kappa shape index (κ1) is 19.9. The van der Waals surface area contributed by atoms with Gasteiger partial charge in [-0.1, -0.05) is 35.9 Å². The number of halogens is 1. The van der Waals surface area contributed by atoms with Crippen LogP contribution < -0.4 is 5.32 Å². The van der Waals surface area contributed by atoms with Crippen molar-refractivity contribution in [2.45, 2.75) is 32.4 Å². The van der Waals surface area contributed by atoms with Crippen LogP contribution in [-0.2, 0) is 4.74 Å². The van der Waals surface area contributed by atoms with E-state index in [1.165, 1.54) is 0 Å². The van der Waals surface area contributed by atoms with E-state index in [9.17, 15) is 14.4 Å². The molecule has 0 aliphatic carbocycles. The minimum absolute atomic E-state index is 0.000718. The first-order valence-electron chi connectivity index (χ1n) is 8.86. The number of nitrogens with zero attached hydrogens (tertiary/aromatic N) is 1. The summed E-state index contributed by atoms with van der Waals surface area (Å²) in [5, 5.41) is 3.12. The molecule has 28 heavy (non-hydrogen) atoms. The van der Waals surface area contributed by atoms with Gasteiger partial charge in [0.25, 0.3) is 11.8 Å². The Kier molecular flexibility index (Phi) is 5.42. The Morgan fingerprint density at radius 3 is 2.21 bits per heavy atom. The van der Waals surface area contributed by atoms with Gasteiger partial charge in [0.05, 0.1) is 17.2 Å². The second-order valence-electron chi connectivity index (χ2n) is 7.48. The molecule has 1 aliphatic rings. The van der Waals surface area contributed by atoms with Crippen molar-refractivity contribution in [2.24, 2.45) is 0 Å². The molecule has 1 N–H and O–H groups in total. The van der Waals surface area contributed by atoms with Crippen LogP contribution in [-0.4, -0.2) is 35.0 Å². The molecule has 3 amide bonds. The van der Waals surface area contributed by atoms with Gasteiger partial charge < -0.3 is 10.1 Å². The Morgan fingerprint density at radius 2 is 1.68 bits per heavy atom. The summed E-state index contributed by atoms with van der Waals surface area (Å²) < 4.78 is 5.26. The highest BCUT2D eigenvalue weighted by Crippen LogP contribution is 2.32. The zero-order valence-corrected chi connectivity index (χ0v) is 16.6. The summed E-state index contributed by atoms with van der Waals surface area (Å²) in [5.41, 5.74) is 0.664. The molecule has 7 heteroatoms. The molecule has 1 unspecified atom stereocenters. The Morgan fingerprint density at radius 1 is 1.07 bits per heavy atom. The average molecular weight is 401 g/mol. The molecule has 146 valence electrons. The predicted molar refractivity (Wildman–Crippen MR) is 105 cm³/mol. The van der Waals surface area contributed by atoms with Gasteiger partial charge in [-0.2, -0.15) is 0 Å². The lowest BCUT2D eigenvalue weighted by Crippen LogP contribution is -2.42. The molecule has 0 saturated heterocycles. The van der Waals surface area contributed by atoms with Gasteiger partial charge in [0.15, 0.2) is 0 Å². The van der Waals surface area contributed by atoms with E-state index >= 15 is 0 Å². The number of rotatable bonds is 4. The van der Waals surface area contributed by atoms with Crippen molar-refractivity contribution in [2.75, 3.05) is 6.54 Å². The molecule has 0 aromatic heterocycles. The minimum atomic E-state index is -0.724. The summed E-state index contributed by atoms with van der Waals surface area (Å²) in [6.07, 6.45) is -0.629. The van der Waals surface area contributed by atoms with E-state index in [2.05, 4.69) is 5.32 Å². The van der Waals surface area contributed by atoms with Gasteiger partial charge in [-0.05, 0) is 50.6 Å². The number of amides is 3. The first-order valence-corrected chi connectivity index (χ1v) is 9.24. The standard InChI is InChI=1S/C21H21ClN2O4/c1-21(2,3)28-20(27)23-12-17(13-7-6-8-14(22)11-13)24-18(25)15-9-4-5-10-16(15)19(24)26/h4-11,17H,12H2,1-3H3,(H,23,27). The fraction of sp³-hybridized carbons (Fsp3) is 0.286. The maximum Gasteiger partial charge on any atom is 0.407 e. The van der Waals surface area contributed by atoms with E-state index < -0.39 is 29.6 Å². The predicted octanol–water partition coefficient (Wildman–Crippen LogP) is 4.20. The van der Waals surface area contributed by atoms with Crippen molar-refractivity contribution in [3.63, 3.8) is 0 Å². The van der Waals surface area contributed by atoms with Crippen LogP contribution in [0.1, 0.15) is 53.1 Å². The molecule has 3 rings (SSSR count). The Labute approximate surface area is 168 Å². The van der Waals surface area contributed by atoms with Gasteiger partial charge in [0, 0.05) is 11.6 Å². The third-order valence-electron chi connectivity index (χ3n) is 4.21. The third-order valence-corrected chi connectivity index (χ3v) is 4.44. The molecule has 2 aromatic carbocycles. The molecule has 0 bridgehead atoms. The van der Waals surface area contributed by atoms with Crippen molar-refractivity contribution in [3.8, 4) is 0 Å². The molecule has 1 aliphatic heterocycles. The lowest BCUT2D eigenvalue weighted by atomic mass is 10.1. The lowest BCUT2D eigenvalue weighted by molar-refractivity contribution is 0.0467. The van der Waals surface area contributed by atoms with Gasteiger partial charge in [-0.3, -0.25) is 14.5 Å². The molecule has 2 aromatic rings. The number of carbonyl (C=O) groups excluding carboxylic acids is 3. The molecule has 6 nitrogen and oxygen atoms in total. The normalized spacial score (nSPS) is 14.6. The van der Waals surface area contributed by atoms with E-state index in [4.69, 9.17) is 16.3 Å². The highest BCUT2D eigenvalue weighted by Gasteiger charge is 2.40. The summed E-state index contributed by atoms with van der Waals surface area (Å²) in [5.74, 6) is -0.812.